The van der Waals surface area contributed by atoms with Crippen molar-refractivity contribution in [2.45, 2.75) is 12.2 Å². The molecule has 3 nitrogen and oxygen atoms in total. The van der Waals surface area contributed by atoms with Gasteiger partial charge in [-0.2, -0.15) is 0 Å². The maximum Gasteiger partial charge on any atom is 0.208 e. The van der Waals surface area contributed by atoms with Crippen molar-refractivity contribution in [2.24, 2.45) is 0 Å². The summed E-state index contributed by atoms with van der Waals surface area (Å²) in [5.41, 5.74) is 0.377. The molecule has 0 saturated carbocycles. The number of ether oxygens (including phenoxy) is 1. The zero-order valence-electron chi connectivity index (χ0n) is 6.37. The first-order chi connectivity index (χ1) is 5.17. The summed E-state index contributed by atoms with van der Waals surface area (Å²) < 4.78 is 4.76. The Hall–Kier alpha value is -0.640. The number of rotatable bonds is 2. The molecule has 3 heteroatoms. The van der Waals surface area contributed by atoms with E-state index in [0.29, 0.717) is 12.0 Å². The van der Waals surface area contributed by atoms with Gasteiger partial charge in [0.05, 0.1) is 6.61 Å². The monoisotopic (exact) mass is 155 g/mol. The van der Waals surface area contributed by atoms with E-state index in [1.54, 1.807) is 6.08 Å². The molecule has 0 spiro atoms. The molecule has 1 radical (unpaired) electrons. The van der Waals surface area contributed by atoms with Crippen molar-refractivity contribution in [1.29, 1.82) is 0 Å². The van der Waals surface area contributed by atoms with Gasteiger partial charge in [-0.1, -0.05) is 6.08 Å². The number of methoxy groups -OCH3 is 1. The van der Waals surface area contributed by atoms with E-state index in [2.05, 4.69) is 6.08 Å². The van der Waals surface area contributed by atoms with Crippen molar-refractivity contribution in [3.8, 4) is 0 Å². The second-order valence-electron chi connectivity index (χ2n) is 2.42. The molecule has 0 saturated heterocycles. The highest BCUT2D eigenvalue weighted by atomic mass is 16.5. The van der Waals surface area contributed by atoms with E-state index in [1.165, 1.54) is 13.2 Å². The van der Waals surface area contributed by atoms with Gasteiger partial charge in [-0.25, -0.2) is 0 Å². The molecule has 0 aromatic carbocycles. The Morgan fingerprint density at radius 2 is 2.45 bits per heavy atom. The average molecular weight is 155 g/mol. The van der Waals surface area contributed by atoms with Crippen LogP contribution in [0.2, 0.25) is 0 Å². The largest absolute Gasteiger partial charge is 0.380 e. The van der Waals surface area contributed by atoms with E-state index >= 15 is 0 Å². The Morgan fingerprint density at radius 1 is 1.73 bits per heavy atom. The lowest BCUT2D eigenvalue weighted by atomic mass is 10.0. The smallest absolute Gasteiger partial charge is 0.208 e. The number of allylic oxidation sites excluding steroid dienone is 2. The average Bonchev–Trinajstić information content (AvgIpc) is 1.94. The molecular weight excluding hydrogens is 144 g/mol. The van der Waals surface area contributed by atoms with E-state index in [0.717, 1.165) is 0 Å². The predicted octanol–water partition coefficient (Wildman–Crippen LogP) is 0.00319. The zero-order chi connectivity index (χ0) is 8.32. The second-order valence-corrected chi connectivity index (χ2v) is 2.42. The summed E-state index contributed by atoms with van der Waals surface area (Å²) in [5.74, 6) is -1.85. The van der Waals surface area contributed by atoms with Gasteiger partial charge in [-0.05, 0) is 18.6 Å². The molecule has 0 bridgehead atoms. The first-order valence-electron chi connectivity index (χ1n) is 3.38. The summed E-state index contributed by atoms with van der Waals surface area (Å²) >= 11 is 0. The van der Waals surface area contributed by atoms with E-state index in [9.17, 15) is 10.2 Å². The van der Waals surface area contributed by atoms with Crippen LogP contribution in [0.25, 0.3) is 0 Å². The zero-order valence-corrected chi connectivity index (χ0v) is 6.37. The van der Waals surface area contributed by atoms with Gasteiger partial charge in [0.1, 0.15) is 0 Å². The van der Waals surface area contributed by atoms with Gasteiger partial charge in [0, 0.05) is 12.7 Å². The molecule has 0 amide bonds. The summed E-state index contributed by atoms with van der Waals surface area (Å²) in [6, 6.07) is 0. The molecule has 1 rings (SSSR count). The third-order valence-corrected chi connectivity index (χ3v) is 1.52. The van der Waals surface area contributed by atoms with E-state index in [1.807, 2.05) is 0 Å². The fraction of sp³-hybridized carbons (Fsp3) is 0.500. The lowest BCUT2D eigenvalue weighted by Gasteiger charge is -2.22. The van der Waals surface area contributed by atoms with Gasteiger partial charge < -0.3 is 14.9 Å². The lowest BCUT2D eigenvalue weighted by molar-refractivity contribution is -0.0932. The Kier molecular flexibility index (Phi) is 2.44. The maximum atomic E-state index is 9.25. The van der Waals surface area contributed by atoms with Crippen molar-refractivity contribution in [3.05, 3.63) is 23.8 Å². The molecule has 1 aliphatic carbocycles. The van der Waals surface area contributed by atoms with Crippen LogP contribution in [0.5, 0.6) is 0 Å². The van der Waals surface area contributed by atoms with Crippen LogP contribution in [0, 0.1) is 6.08 Å². The van der Waals surface area contributed by atoms with Crippen molar-refractivity contribution in [1.82, 2.24) is 0 Å². The van der Waals surface area contributed by atoms with Crippen LogP contribution in [0.3, 0.4) is 0 Å². The van der Waals surface area contributed by atoms with Gasteiger partial charge in [0.25, 0.3) is 0 Å². The standard InChI is InChI=1S/C8H11O3/c1-11-6-7-4-2-3-5-8(7,9)10/h3,5,9-10H,2,6H2,1H3. The van der Waals surface area contributed by atoms with Crippen LogP contribution in [0.15, 0.2) is 17.7 Å². The molecule has 0 heterocycles. The molecule has 1 aliphatic rings. The van der Waals surface area contributed by atoms with Gasteiger partial charge in [-0.15, -0.1) is 0 Å². The number of hydrogen-bond acceptors (Lipinski definition) is 3. The van der Waals surface area contributed by atoms with Crippen LogP contribution in [-0.2, 0) is 4.74 Å². The van der Waals surface area contributed by atoms with Crippen LogP contribution >= 0.6 is 0 Å². The molecule has 0 aliphatic heterocycles. The summed E-state index contributed by atoms with van der Waals surface area (Å²) in [6.07, 6.45) is 6.41. The SMILES string of the molecule is COCC1=[C]CC=CC1(O)O. The van der Waals surface area contributed by atoms with E-state index in [4.69, 9.17) is 4.74 Å². The maximum absolute atomic E-state index is 9.25. The summed E-state index contributed by atoms with van der Waals surface area (Å²) in [7, 11) is 1.50. The molecule has 0 unspecified atom stereocenters. The molecular formula is C8H11O3. The summed E-state index contributed by atoms with van der Waals surface area (Å²) in [5, 5.41) is 18.5. The highest BCUT2D eigenvalue weighted by Crippen LogP contribution is 2.19. The van der Waals surface area contributed by atoms with Gasteiger partial charge in [0.2, 0.25) is 5.79 Å². The predicted molar refractivity (Wildman–Crippen MR) is 39.6 cm³/mol. The molecule has 0 atom stereocenters. The van der Waals surface area contributed by atoms with Crippen molar-refractivity contribution in [3.63, 3.8) is 0 Å². The van der Waals surface area contributed by atoms with Crippen molar-refractivity contribution < 1.29 is 14.9 Å². The molecule has 0 aromatic rings. The quantitative estimate of drug-likeness (QED) is 0.436. The van der Waals surface area contributed by atoms with Crippen LogP contribution < -0.4 is 0 Å². The van der Waals surface area contributed by atoms with E-state index < -0.39 is 5.79 Å². The van der Waals surface area contributed by atoms with Crippen molar-refractivity contribution in [2.75, 3.05) is 13.7 Å². The van der Waals surface area contributed by atoms with Gasteiger partial charge >= 0.3 is 0 Å². The fourth-order valence-corrected chi connectivity index (χ4v) is 0.938. The molecule has 11 heavy (non-hydrogen) atoms. The van der Waals surface area contributed by atoms with Crippen molar-refractivity contribution >= 4 is 0 Å². The summed E-state index contributed by atoms with van der Waals surface area (Å²) in [4.78, 5) is 0. The summed E-state index contributed by atoms with van der Waals surface area (Å²) in [6.45, 7) is 0.206. The molecule has 61 valence electrons. The van der Waals surface area contributed by atoms with E-state index in [-0.39, 0.29) is 6.61 Å². The second kappa shape index (κ2) is 3.17. The lowest BCUT2D eigenvalue weighted by Crippen LogP contribution is -2.31. The molecule has 2 N–H and O–H groups in total. The fourth-order valence-electron chi connectivity index (χ4n) is 0.938. The van der Waals surface area contributed by atoms with Gasteiger partial charge in [-0.3, -0.25) is 0 Å². The number of aliphatic hydroxyl groups is 2. The van der Waals surface area contributed by atoms with Crippen LogP contribution in [0.4, 0.5) is 0 Å². The third kappa shape index (κ3) is 1.89. The Bertz CT molecular complexity index is 192. The molecule has 0 fully saturated rings. The normalized spacial score (nSPS) is 21.5. The van der Waals surface area contributed by atoms with Crippen LogP contribution in [-0.4, -0.2) is 29.7 Å². The number of hydrogen-bond donors (Lipinski definition) is 2. The highest BCUT2D eigenvalue weighted by Gasteiger charge is 2.26. The van der Waals surface area contributed by atoms with Gasteiger partial charge in [0.15, 0.2) is 0 Å². The Balaban J connectivity index is 2.69. The Labute approximate surface area is 65.6 Å². The first kappa shape index (κ1) is 8.46. The minimum absolute atomic E-state index is 0.206. The Morgan fingerprint density at radius 3 is 3.00 bits per heavy atom. The first-order valence-corrected chi connectivity index (χ1v) is 3.38. The minimum atomic E-state index is -1.85. The minimum Gasteiger partial charge on any atom is -0.380 e. The van der Waals surface area contributed by atoms with Crippen LogP contribution in [0.1, 0.15) is 6.42 Å². The molecule has 0 aromatic heterocycles. The highest BCUT2D eigenvalue weighted by molar-refractivity contribution is 5.22. The topological polar surface area (TPSA) is 49.7 Å². The third-order valence-electron chi connectivity index (χ3n) is 1.52.